The number of fused-ring (bicyclic) bond motifs is 3. The molecule has 0 bridgehead atoms. The van der Waals surface area contributed by atoms with Crippen LogP contribution in [0.4, 0.5) is 0 Å². The van der Waals surface area contributed by atoms with E-state index in [4.69, 9.17) is 4.74 Å². The highest BCUT2D eigenvalue weighted by molar-refractivity contribution is 6.32. The van der Waals surface area contributed by atoms with Crippen molar-refractivity contribution in [1.29, 1.82) is 0 Å². The number of phenols is 3. The summed E-state index contributed by atoms with van der Waals surface area (Å²) < 4.78 is 4.85. The fraction of sp³-hybridized carbons (Fsp3) is 0.227. The number of rotatable bonds is 2. The highest BCUT2D eigenvalue weighted by atomic mass is 16.5. The van der Waals surface area contributed by atoms with Gasteiger partial charge in [-0.15, -0.1) is 0 Å². The lowest BCUT2D eigenvalue weighted by Crippen LogP contribution is -2.25. The number of hydrogen-bond acceptors (Lipinski definition) is 8. The van der Waals surface area contributed by atoms with E-state index in [-0.39, 0.29) is 34.2 Å². The van der Waals surface area contributed by atoms with E-state index in [1.807, 2.05) is 0 Å². The second kappa shape index (κ2) is 6.70. The Bertz CT molecular complexity index is 1190. The molecule has 1 atom stereocenters. The molecular weight excluding hydrogens is 392 g/mol. The second-order valence-corrected chi connectivity index (χ2v) is 7.16. The van der Waals surface area contributed by atoms with Crippen LogP contribution in [-0.4, -0.2) is 45.1 Å². The lowest BCUT2D eigenvalue weighted by atomic mass is 9.75. The van der Waals surface area contributed by atoms with E-state index in [9.17, 15) is 34.8 Å². The van der Waals surface area contributed by atoms with Gasteiger partial charge in [-0.1, -0.05) is 12.5 Å². The van der Waals surface area contributed by atoms with Crippen LogP contribution in [-0.2, 0) is 9.53 Å². The second-order valence-electron chi connectivity index (χ2n) is 7.16. The number of esters is 1. The average Bonchev–Trinajstić information content (AvgIpc) is 2.72. The van der Waals surface area contributed by atoms with Crippen LogP contribution in [0, 0.1) is 0 Å². The standard InChI is InChI=1S/C22H18O8/c1-3-8-6-13(25)15-9(14(8)22(29)30-2)7-10-16(20(15)27)21(28)18-12(24)5-4-11(23)17(18)19(10)26/h4-5,7,13,23-25,27H,3,6H2,1-2H3. The van der Waals surface area contributed by atoms with Crippen LogP contribution in [0.5, 0.6) is 17.2 Å². The molecule has 0 aromatic heterocycles. The van der Waals surface area contributed by atoms with Crippen LogP contribution in [0.3, 0.4) is 0 Å². The first-order valence-corrected chi connectivity index (χ1v) is 9.25. The highest BCUT2D eigenvalue weighted by Crippen LogP contribution is 2.48. The predicted octanol–water partition coefficient (Wildman–Crippen LogP) is 2.35. The van der Waals surface area contributed by atoms with Gasteiger partial charge >= 0.3 is 5.97 Å². The van der Waals surface area contributed by atoms with Crippen molar-refractivity contribution < 1.29 is 39.5 Å². The van der Waals surface area contributed by atoms with Crippen molar-refractivity contribution in [1.82, 2.24) is 0 Å². The van der Waals surface area contributed by atoms with E-state index < -0.39 is 52.0 Å². The Morgan fingerprint density at radius 1 is 1.03 bits per heavy atom. The number of methoxy groups -OCH3 is 1. The first-order chi connectivity index (χ1) is 14.2. The number of ether oxygens (including phenoxy) is 1. The van der Waals surface area contributed by atoms with E-state index in [0.717, 1.165) is 12.1 Å². The fourth-order valence-electron chi connectivity index (χ4n) is 4.24. The third-order valence-electron chi connectivity index (χ3n) is 5.64. The minimum absolute atomic E-state index is 0.0467. The first-order valence-electron chi connectivity index (χ1n) is 9.25. The van der Waals surface area contributed by atoms with Crippen molar-refractivity contribution in [3.05, 3.63) is 57.2 Å². The molecule has 0 radical (unpaired) electrons. The topological polar surface area (TPSA) is 141 Å². The Labute approximate surface area is 170 Å². The Kier molecular flexibility index (Phi) is 4.39. The lowest BCUT2D eigenvalue weighted by Gasteiger charge is -2.29. The number of aliphatic hydroxyl groups is 1. The van der Waals surface area contributed by atoms with Crippen molar-refractivity contribution in [2.75, 3.05) is 7.11 Å². The molecule has 30 heavy (non-hydrogen) atoms. The van der Waals surface area contributed by atoms with Crippen molar-refractivity contribution >= 4 is 23.1 Å². The van der Waals surface area contributed by atoms with Crippen molar-refractivity contribution in [3.8, 4) is 17.2 Å². The van der Waals surface area contributed by atoms with E-state index in [0.29, 0.717) is 12.0 Å². The summed E-state index contributed by atoms with van der Waals surface area (Å²) in [5.41, 5.74) is -0.714. The minimum Gasteiger partial charge on any atom is -0.507 e. The average molecular weight is 410 g/mol. The molecule has 0 saturated heterocycles. The van der Waals surface area contributed by atoms with E-state index in [1.165, 1.54) is 13.2 Å². The molecule has 0 aliphatic heterocycles. The predicted molar refractivity (Wildman–Crippen MR) is 104 cm³/mol. The van der Waals surface area contributed by atoms with Crippen LogP contribution in [0.2, 0.25) is 0 Å². The molecule has 154 valence electrons. The Morgan fingerprint density at radius 3 is 2.20 bits per heavy atom. The van der Waals surface area contributed by atoms with Crippen molar-refractivity contribution in [2.45, 2.75) is 25.9 Å². The van der Waals surface area contributed by atoms with Crippen LogP contribution in [0.1, 0.15) is 68.8 Å². The van der Waals surface area contributed by atoms with Gasteiger partial charge in [-0.2, -0.15) is 0 Å². The van der Waals surface area contributed by atoms with E-state index >= 15 is 0 Å². The summed E-state index contributed by atoms with van der Waals surface area (Å²) in [4.78, 5) is 38.6. The monoisotopic (exact) mass is 410 g/mol. The smallest absolute Gasteiger partial charge is 0.338 e. The summed E-state index contributed by atoms with van der Waals surface area (Å²) in [5, 5.41) is 41.8. The van der Waals surface area contributed by atoms with Crippen LogP contribution in [0.15, 0.2) is 23.8 Å². The SMILES string of the molecule is CCC1=C(C(=O)OC)c2cc3c(c(O)c2C(O)C1)C(=O)c1c(O)ccc(O)c1C3=O. The van der Waals surface area contributed by atoms with Gasteiger partial charge in [0.2, 0.25) is 5.78 Å². The van der Waals surface area contributed by atoms with Crippen molar-refractivity contribution in [2.24, 2.45) is 0 Å². The number of hydrogen-bond donors (Lipinski definition) is 4. The molecule has 2 aromatic carbocycles. The Balaban J connectivity index is 2.09. The largest absolute Gasteiger partial charge is 0.507 e. The van der Waals surface area contributed by atoms with Gasteiger partial charge in [0.1, 0.15) is 17.2 Å². The molecule has 4 rings (SSSR count). The maximum Gasteiger partial charge on any atom is 0.338 e. The summed E-state index contributed by atoms with van der Waals surface area (Å²) in [6.45, 7) is 1.79. The molecule has 2 aliphatic carbocycles. The first kappa shape index (κ1) is 19.7. The Morgan fingerprint density at radius 2 is 1.63 bits per heavy atom. The zero-order valence-electron chi connectivity index (χ0n) is 16.1. The minimum atomic E-state index is -1.21. The number of aromatic hydroxyl groups is 3. The molecule has 0 saturated carbocycles. The maximum absolute atomic E-state index is 13.1. The molecule has 4 N–H and O–H groups in total. The molecule has 0 heterocycles. The van der Waals surface area contributed by atoms with E-state index in [1.54, 1.807) is 6.92 Å². The highest BCUT2D eigenvalue weighted by Gasteiger charge is 2.41. The van der Waals surface area contributed by atoms with Gasteiger partial charge in [0.05, 0.1) is 35.5 Å². The fourth-order valence-corrected chi connectivity index (χ4v) is 4.24. The number of benzene rings is 2. The van der Waals surface area contributed by atoms with Crippen LogP contribution >= 0.6 is 0 Å². The van der Waals surface area contributed by atoms with Crippen molar-refractivity contribution in [3.63, 3.8) is 0 Å². The normalized spacial score (nSPS) is 17.4. The summed E-state index contributed by atoms with van der Waals surface area (Å²) in [5.74, 6) is -4.03. The third kappa shape index (κ3) is 2.47. The van der Waals surface area contributed by atoms with Gasteiger partial charge in [-0.25, -0.2) is 4.79 Å². The van der Waals surface area contributed by atoms with Gasteiger partial charge in [0, 0.05) is 11.1 Å². The lowest BCUT2D eigenvalue weighted by molar-refractivity contribution is -0.133. The van der Waals surface area contributed by atoms with Gasteiger partial charge in [-0.3, -0.25) is 9.59 Å². The Hall–Kier alpha value is -3.65. The number of phenolic OH excluding ortho intramolecular Hbond substituents is 3. The molecular formula is C22H18O8. The van der Waals surface area contributed by atoms with Gasteiger partial charge in [0.25, 0.3) is 0 Å². The molecule has 0 amide bonds. The summed E-state index contributed by atoms with van der Waals surface area (Å²) >= 11 is 0. The molecule has 0 fully saturated rings. The van der Waals surface area contributed by atoms with Gasteiger partial charge < -0.3 is 25.2 Å². The van der Waals surface area contributed by atoms with Gasteiger partial charge in [0.15, 0.2) is 5.78 Å². The summed E-state index contributed by atoms with van der Waals surface area (Å²) in [6.07, 6.45) is -0.746. The molecule has 2 aromatic rings. The molecule has 2 aliphatic rings. The zero-order valence-corrected chi connectivity index (χ0v) is 16.1. The van der Waals surface area contributed by atoms with Crippen LogP contribution in [0.25, 0.3) is 5.57 Å². The van der Waals surface area contributed by atoms with Gasteiger partial charge in [-0.05, 0) is 36.6 Å². The van der Waals surface area contributed by atoms with Crippen LogP contribution < -0.4 is 0 Å². The number of aliphatic hydroxyl groups excluding tert-OH is 1. The molecule has 1 unspecified atom stereocenters. The van der Waals surface area contributed by atoms with E-state index in [2.05, 4.69) is 0 Å². The summed E-state index contributed by atoms with van der Waals surface area (Å²) in [7, 11) is 1.19. The third-order valence-corrected chi connectivity index (χ3v) is 5.64. The maximum atomic E-state index is 13.1. The quantitative estimate of drug-likeness (QED) is 0.373. The molecule has 8 nitrogen and oxygen atoms in total. The number of ketones is 2. The zero-order chi connectivity index (χ0) is 21.9. The molecule has 0 spiro atoms. The summed E-state index contributed by atoms with van der Waals surface area (Å²) in [6, 6.07) is 3.41. The number of carbonyl (C=O) groups excluding carboxylic acids is 3. The number of carbonyl (C=O) groups is 3. The molecule has 8 heteroatoms.